The first-order valence-corrected chi connectivity index (χ1v) is 10.2. The van der Waals surface area contributed by atoms with Crippen molar-refractivity contribution < 1.29 is 19.1 Å². The lowest BCUT2D eigenvalue weighted by atomic mass is 9.88. The van der Waals surface area contributed by atoms with Crippen LogP contribution in [-0.4, -0.2) is 50.6 Å². The van der Waals surface area contributed by atoms with Crippen LogP contribution < -0.4 is 14.8 Å². The molecule has 1 N–H and O–H groups in total. The van der Waals surface area contributed by atoms with E-state index in [9.17, 15) is 9.59 Å². The van der Waals surface area contributed by atoms with Crippen LogP contribution in [0.3, 0.4) is 0 Å². The number of hydrogen-bond donors (Lipinski definition) is 1. The lowest BCUT2D eigenvalue weighted by Crippen LogP contribution is -2.44. The van der Waals surface area contributed by atoms with E-state index in [0.717, 1.165) is 6.54 Å². The van der Waals surface area contributed by atoms with Gasteiger partial charge in [-0.05, 0) is 43.2 Å². The zero-order chi connectivity index (χ0) is 20.1. The first kappa shape index (κ1) is 20.5. The van der Waals surface area contributed by atoms with Gasteiger partial charge in [0.25, 0.3) is 5.91 Å². The van der Waals surface area contributed by atoms with Crippen LogP contribution in [0.2, 0.25) is 0 Å². The second kappa shape index (κ2) is 8.84. The Hall–Kier alpha value is -2.24. The number of rotatable bonds is 6. The molecular formula is C22H32N2O4. The van der Waals surface area contributed by atoms with Crippen LogP contribution in [0.5, 0.6) is 11.5 Å². The third-order valence-corrected chi connectivity index (χ3v) is 6.25. The van der Waals surface area contributed by atoms with Crippen molar-refractivity contribution in [3.8, 4) is 11.5 Å². The molecule has 2 aliphatic rings. The van der Waals surface area contributed by atoms with E-state index in [1.54, 1.807) is 32.4 Å². The highest BCUT2D eigenvalue weighted by atomic mass is 16.5. The third kappa shape index (κ3) is 4.78. The summed E-state index contributed by atoms with van der Waals surface area (Å²) in [7, 11) is 3.14. The minimum atomic E-state index is -0.0467. The molecule has 1 aliphatic heterocycles. The number of ether oxygens (including phenoxy) is 2. The van der Waals surface area contributed by atoms with Crippen molar-refractivity contribution in [2.75, 3.05) is 33.9 Å². The van der Waals surface area contributed by atoms with Crippen LogP contribution in [0.4, 0.5) is 0 Å². The predicted molar refractivity (Wildman–Crippen MR) is 108 cm³/mol. The van der Waals surface area contributed by atoms with Gasteiger partial charge in [0.2, 0.25) is 5.91 Å². The van der Waals surface area contributed by atoms with Crippen LogP contribution >= 0.6 is 0 Å². The van der Waals surface area contributed by atoms with E-state index in [1.807, 2.05) is 4.90 Å². The van der Waals surface area contributed by atoms with Crippen molar-refractivity contribution >= 4 is 11.8 Å². The van der Waals surface area contributed by atoms with Gasteiger partial charge in [0.15, 0.2) is 0 Å². The number of carbonyl (C=O) groups excluding carboxylic acids is 2. The van der Waals surface area contributed by atoms with Gasteiger partial charge in [-0.15, -0.1) is 0 Å². The minimum absolute atomic E-state index is 0.00565. The smallest absolute Gasteiger partial charge is 0.254 e. The lowest BCUT2D eigenvalue weighted by molar-refractivity contribution is -0.126. The average molecular weight is 389 g/mol. The molecule has 2 fully saturated rings. The Morgan fingerprint density at radius 2 is 1.64 bits per heavy atom. The van der Waals surface area contributed by atoms with Gasteiger partial charge in [0, 0.05) is 37.2 Å². The zero-order valence-corrected chi connectivity index (χ0v) is 17.3. The Bertz CT molecular complexity index is 682. The quantitative estimate of drug-likeness (QED) is 0.812. The third-order valence-electron chi connectivity index (χ3n) is 6.25. The van der Waals surface area contributed by atoms with E-state index in [-0.39, 0.29) is 23.1 Å². The first-order chi connectivity index (χ1) is 13.4. The summed E-state index contributed by atoms with van der Waals surface area (Å²) in [5, 5.41) is 3.17. The molecule has 6 heteroatoms. The maximum atomic E-state index is 12.9. The Labute approximate surface area is 167 Å². The number of likely N-dealkylation sites (tertiary alicyclic amines) is 1. The second-order valence-corrected chi connectivity index (χ2v) is 8.40. The van der Waals surface area contributed by atoms with Gasteiger partial charge in [0.05, 0.1) is 14.2 Å². The maximum absolute atomic E-state index is 12.9. The fourth-order valence-electron chi connectivity index (χ4n) is 4.31. The molecule has 1 saturated heterocycles. The average Bonchev–Trinajstić information content (AvgIpc) is 3.17. The molecule has 6 nitrogen and oxygen atoms in total. The molecule has 1 aromatic carbocycles. The van der Waals surface area contributed by atoms with Gasteiger partial charge in [-0.25, -0.2) is 0 Å². The molecule has 0 aromatic heterocycles. The summed E-state index contributed by atoms with van der Waals surface area (Å²) in [6.45, 7) is 4.22. The molecule has 0 atom stereocenters. The highest BCUT2D eigenvalue weighted by Crippen LogP contribution is 2.36. The van der Waals surface area contributed by atoms with E-state index in [1.165, 1.54) is 25.7 Å². The molecular weight excluding hydrogens is 356 g/mol. The topological polar surface area (TPSA) is 67.9 Å². The van der Waals surface area contributed by atoms with E-state index in [4.69, 9.17) is 9.47 Å². The number of amides is 2. The molecule has 2 amide bonds. The van der Waals surface area contributed by atoms with Gasteiger partial charge < -0.3 is 19.7 Å². The Morgan fingerprint density at radius 1 is 1.07 bits per heavy atom. The normalized spacial score (nSPS) is 19.3. The van der Waals surface area contributed by atoms with E-state index in [2.05, 4.69) is 12.2 Å². The summed E-state index contributed by atoms with van der Waals surface area (Å²) in [5.74, 6) is 1.28. The van der Waals surface area contributed by atoms with E-state index < -0.39 is 0 Å². The summed E-state index contributed by atoms with van der Waals surface area (Å²) >= 11 is 0. The van der Waals surface area contributed by atoms with Gasteiger partial charge in [-0.1, -0.05) is 19.8 Å². The Kier molecular flexibility index (Phi) is 6.47. The molecule has 0 bridgehead atoms. The standard InChI is InChI=1S/C22H32N2O4/c1-22(8-4-5-9-22)15-23-20(25)16-6-10-24(11-7-16)21(26)17-12-18(27-2)14-19(13-17)28-3/h12-14,16H,4-11,15H2,1-3H3,(H,23,25). The van der Waals surface area contributed by atoms with Gasteiger partial charge in [-0.3, -0.25) is 9.59 Å². The molecule has 1 heterocycles. The van der Waals surface area contributed by atoms with E-state index in [0.29, 0.717) is 43.0 Å². The largest absolute Gasteiger partial charge is 0.497 e. The van der Waals surface area contributed by atoms with Gasteiger partial charge in [0.1, 0.15) is 11.5 Å². The highest BCUT2D eigenvalue weighted by molar-refractivity contribution is 5.95. The minimum Gasteiger partial charge on any atom is -0.497 e. The van der Waals surface area contributed by atoms with Crippen molar-refractivity contribution in [3.63, 3.8) is 0 Å². The summed E-state index contributed by atoms with van der Waals surface area (Å²) in [4.78, 5) is 27.2. The molecule has 1 saturated carbocycles. The molecule has 3 rings (SSSR count). The summed E-state index contributed by atoms with van der Waals surface area (Å²) in [6, 6.07) is 5.20. The number of benzene rings is 1. The number of hydrogen-bond acceptors (Lipinski definition) is 4. The fraction of sp³-hybridized carbons (Fsp3) is 0.636. The number of piperidine rings is 1. The lowest BCUT2D eigenvalue weighted by Gasteiger charge is -2.32. The molecule has 1 aromatic rings. The Balaban J connectivity index is 1.53. The second-order valence-electron chi connectivity index (χ2n) is 8.40. The monoisotopic (exact) mass is 388 g/mol. The van der Waals surface area contributed by atoms with Crippen molar-refractivity contribution in [2.45, 2.75) is 45.4 Å². The summed E-state index contributed by atoms with van der Waals surface area (Å²) in [5.41, 5.74) is 0.811. The summed E-state index contributed by atoms with van der Waals surface area (Å²) in [6.07, 6.45) is 6.34. The maximum Gasteiger partial charge on any atom is 0.254 e. The van der Waals surface area contributed by atoms with Gasteiger partial charge >= 0.3 is 0 Å². The van der Waals surface area contributed by atoms with Crippen molar-refractivity contribution in [1.82, 2.24) is 10.2 Å². The van der Waals surface area contributed by atoms with Crippen LogP contribution in [0.15, 0.2) is 18.2 Å². The molecule has 28 heavy (non-hydrogen) atoms. The zero-order valence-electron chi connectivity index (χ0n) is 17.3. The number of nitrogens with zero attached hydrogens (tertiary/aromatic N) is 1. The molecule has 0 spiro atoms. The highest BCUT2D eigenvalue weighted by Gasteiger charge is 2.32. The van der Waals surface area contributed by atoms with Crippen LogP contribution in [0, 0.1) is 11.3 Å². The number of methoxy groups -OCH3 is 2. The number of nitrogens with one attached hydrogen (secondary N) is 1. The molecule has 1 aliphatic carbocycles. The predicted octanol–water partition coefficient (Wildman–Crippen LogP) is 3.25. The van der Waals surface area contributed by atoms with Crippen molar-refractivity contribution in [2.24, 2.45) is 11.3 Å². The van der Waals surface area contributed by atoms with Crippen molar-refractivity contribution in [1.29, 1.82) is 0 Å². The van der Waals surface area contributed by atoms with E-state index >= 15 is 0 Å². The summed E-state index contributed by atoms with van der Waals surface area (Å²) < 4.78 is 10.5. The van der Waals surface area contributed by atoms with Gasteiger partial charge in [-0.2, -0.15) is 0 Å². The number of carbonyl (C=O) groups is 2. The van der Waals surface area contributed by atoms with Crippen LogP contribution in [-0.2, 0) is 4.79 Å². The molecule has 0 radical (unpaired) electrons. The fourth-order valence-corrected chi connectivity index (χ4v) is 4.31. The Morgan fingerprint density at radius 3 is 2.18 bits per heavy atom. The van der Waals surface area contributed by atoms with Crippen molar-refractivity contribution in [3.05, 3.63) is 23.8 Å². The molecule has 154 valence electrons. The molecule has 0 unspecified atom stereocenters. The SMILES string of the molecule is COc1cc(OC)cc(C(=O)N2CCC(C(=O)NCC3(C)CCCC3)CC2)c1. The van der Waals surface area contributed by atoms with Crippen LogP contribution in [0.25, 0.3) is 0 Å². The first-order valence-electron chi connectivity index (χ1n) is 10.2. The van der Waals surface area contributed by atoms with Crippen LogP contribution in [0.1, 0.15) is 55.8 Å².